The number of hydrogen-bond acceptors (Lipinski definition) is 4. The van der Waals surface area contributed by atoms with Crippen LogP contribution in [0.15, 0.2) is 45.4 Å². The monoisotopic (exact) mass is 347 g/mol. The zero-order valence-corrected chi connectivity index (χ0v) is 12.7. The molecule has 0 aliphatic carbocycles. The number of para-hydroxylation sites is 1. The van der Waals surface area contributed by atoms with Crippen LogP contribution >= 0.6 is 15.9 Å². The van der Waals surface area contributed by atoms with Crippen molar-refractivity contribution in [3.8, 4) is 22.8 Å². The number of hydrogen-bond donors (Lipinski definition) is 1. The second-order valence-corrected chi connectivity index (χ2v) is 5.53. The molecule has 4 nitrogen and oxygen atoms in total. The Kier molecular flexibility index (Phi) is 3.47. The number of benzene rings is 2. The minimum Gasteiger partial charge on any atom is -0.398 e. The lowest BCUT2D eigenvalue weighted by Crippen LogP contribution is -1.93. The normalized spacial score (nSPS) is 10.8. The van der Waals surface area contributed by atoms with Gasteiger partial charge in [0.1, 0.15) is 5.82 Å². The molecule has 3 aromatic rings. The predicted molar refractivity (Wildman–Crippen MR) is 82.0 cm³/mol. The fraction of sp³-hybridized carbons (Fsp3) is 0.0667. The highest BCUT2D eigenvalue weighted by atomic mass is 79.9. The van der Waals surface area contributed by atoms with E-state index in [2.05, 4.69) is 26.1 Å². The molecule has 0 saturated carbocycles. The zero-order valence-electron chi connectivity index (χ0n) is 11.1. The van der Waals surface area contributed by atoms with E-state index >= 15 is 0 Å². The van der Waals surface area contributed by atoms with Crippen LogP contribution in [0.4, 0.5) is 10.1 Å². The number of rotatable bonds is 2. The van der Waals surface area contributed by atoms with Gasteiger partial charge >= 0.3 is 0 Å². The lowest BCUT2D eigenvalue weighted by molar-refractivity contribution is 0.432. The highest BCUT2D eigenvalue weighted by Crippen LogP contribution is 2.29. The molecule has 0 saturated heterocycles. The van der Waals surface area contributed by atoms with Crippen LogP contribution in [0, 0.1) is 12.7 Å². The maximum absolute atomic E-state index is 13.4. The summed E-state index contributed by atoms with van der Waals surface area (Å²) < 4.78 is 19.3. The fourth-order valence-corrected chi connectivity index (χ4v) is 2.47. The third-order valence-electron chi connectivity index (χ3n) is 3.10. The van der Waals surface area contributed by atoms with Gasteiger partial charge in [-0.05, 0) is 36.8 Å². The summed E-state index contributed by atoms with van der Waals surface area (Å²) in [5, 5.41) is 3.89. The second kappa shape index (κ2) is 5.29. The van der Waals surface area contributed by atoms with Crippen molar-refractivity contribution in [3.63, 3.8) is 0 Å². The third-order valence-corrected chi connectivity index (χ3v) is 3.56. The van der Waals surface area contributed by atoms with Crippen LogP contribution in [0.25, 0.3) is 22.8 Å². The number of anilines is 1. The van der Waals surface area contributed by atoms with Gasteiger partial charge in [-0.15, -0.1) is 0 Å². The molecule has 2 N–H and O–H groups in total. The van der Waals surface area contributed by atoms with E-state index in [0.717, 1.165) is 5.56 Å². The molecule has 1 heterocycles. The van der Waals surface area contributed by atoms with E-state index in [0.29, 0.717) is 33.0 Å². The molecule has 0 atom stereocenters. The van der Waals surface area contributed by atoms with E-state index < -0.39 is 0 Å². The molecule has 6 heteroatoms. The zero-order chi connectivity index (χ0) is 15.0. The molecule has 1 aromatic heterocycles. The lowest BCUT2D eigenvalue weighted by atomic mass is 10.1. The van der Waals surface area contributed by atoms with Gasteiger partial charge in [0.25, 0.3) is 5.89 Å². The summed E-state index contributed by atoms with van der Waals surface area (Å²) in [6, 6.07) is 10.0. The second-order valence-electron chi connectivity index (χ2n) is 4.62. The Morgan fingerprint density at radius 3 is 2.81 bits per heavy atom. The van der Waals surface area contributed by atoms with Gasteiger partial charge in [-0.1, -0.05) is 33.2 Å². The van der Waals surface area contributed by atoms with Gasteiger partial charge in [-0.2, -0.15) is 4.98 Å². The van der Waals surface area contributed by atoms with Crippen LogP contribution < -0.4 is 5.73 Å². The third kappa shape index (κ3) is 2.67. The van der Waals surface area contributed by atoms with Crippen molar-refractivity contribution in [2.45, 2.75) is 6.92 Å². The highest BCUT2D eigenvalue weighted by Gasteiger charge is 2.14. The van der Waals surface area contributed by atoms with Crippen LogP contribution in [-0.4, -0.2) is 10.1 Å². The first-order chi connectivity index (χ1) is 10.0. The minimum atomic E-state index is -0.374. The molecular weight excluding hydrogens is 337 g/mol. The lowest BCUT2D eigenvalue weighted by Gasteiger charge is -2.03. The molecule has 0 unspecified atom stereocenters. The highest BCUT2D eigenvalue weighted by molar-refractivity contribution is 9.10. The summed E-state index contributed by atoms with van der Waals surface area (Å²) in [6.07, 6.45) is 0. The molecule has 0 aliphatic heterocycles. The van der Waals surface area contributed by atoms with Crippen LogP contribution in [0.1, 0.15) is 5.56 Å². The molecule has 0 bridgehead atoms. The topological polar surface area (TPSA) is 64.9 Å². The average molecular weight is 348 g/mol. The Morgan fingerprint density at radius 1 is 1.24 bits per heavy atom. The van der Waals surface area contributed by atoms with E-state index in [9.17, 15) is 4.39 Å². The van der Waals surface area contributed by atoms with Gasteiger partial charge in [-0.25, -0.2) is 4.39 Å². The molecule has 0 amide bonds. The van der Waals surface area contributed by atoms with Crippen molar-refractivity contribution in [3.05, 3.63) is 52.3 Å². The van der Waals surface area contributed by atoms with Crippen LogP contribution in [0.3, 0.4) is 0 Å². The number of aromatic nitrogens is 2. The predicted octanol–water partition coefficient (Wildman–Crippen LogP) is 4.20. The maximum Gasteiger partial charge on any atom is 0.260 e. The summed E-state index contributed by atoms with van der Waals surface area (Å²) in [6.45, 7) is 1.90. The molecule has 0 radical (unpaired) electrons. The first kappa shape index (κ1) is 13.8. The first-order valence-corrected chi connectivity index (χ1v) is 6.99. The number of halogens is 2. The van der Waals surface area contributed by atoms with E-state index in [1.165, 1.54) is 12.1 Å². The van der Waals surface area contributed by atoms with E-state index in [1.54, 1.807) is 12.1 Å². The van der Waals surface area contributed by atoms with Crippen LogP contribution in [0.5, 0.6) is 0 Å². The Morgan fingerprint density at radius 2 is 2.05 bits per heavy atom. The Balaban J connectivity index is 2.06. The average Bonchev–Trinajstić information content (AvgIpc) is 2.90. The standard InChI is InChI=1S/C15H11BrFN3O/c1-8-3-2-4-12(13(8)18)15-19-14(20-21-15)9-5-10(16)7-11(17)6-9/h2-7H,18H2,1H3. The van der Waals surface area contributed by atoms with E-state index in [-0.39, 0.29) is 5.82 Å². The van der Waals surface area contributed by atoms with Gasteiger partial charge in [0.2, 0.25) is 5.82 Å². The quantitative estimate of drug-likeness (QED) is 0.705. The van der Waals surface area contributed by atoms with Crippen molar-refractivity contribution < 1.29 is 8.91 Å². The summed E-state index contributed by atoms with van der Waals surface area (Å²) in [5.41, 5.74) is 8.74. The number of nitrogen functional groups attached to an aromatic ring is 1. The van der Waals surface area contributed by atoms with Gasteiger partial charge in [0.05, 0.1) is 5.56 Å². The minimum absolute atomic E-state index is 0.311. The molecule has 0 aliphatic rings. The van der Waals surface area contributed by atoms with Crippen LogP contribution in [0.2, 0.25) is 0 Å². The smallest absolute Gasteiger partial charge is 0.260 e. The van der Waals surface area contributed by atoms with Crippen LogP contribution in [-0.2, 0) is 0 Å². The molecule has 0 fully saturated rings. The van der Waals surface area contributed by atoms with Crippen molar-refractivity contribution in [2.24, 2.45) is 0 Å². The first-order valence-electron chi connectivity index (χ1n) is 6.20. The molecular formula is C15H11BrFN3O. The summed E-state index contributed by atoms with van der Waals surface area (Å²) >= 11 is 3.24. The van der Waals surface area contributed by atoms with E-state index in [4.69, 9.17) is 10.3 Å². The molecule has 106 valence electrons. The fourth-order valence-electron chi connectivity index (χ4n) is 2.00. The Bertz CT molecular complexity index is 796. The molecule has 0 spiro atoms. The Labute approximate surface area is 128 Å². The number of nitrogens with two attached hydrogens (primary N) is 1. The summed E-state index contributed by atoms with van der Waals surface area (Å²) in [5.74, 6) is 0.249. The van der Waals surface area contributed by atoms with Gasteiger partial charge in [0.15, 0.2) is 0 Å². The van der Waals surface area contributed by atoms with Crippen molar-refractivity contribution in [1.82, 2.24) is 10.1 Å². The van der Waals surface area contributed by atoms with Crippen molar-refractivity contribution in [2.75, 3.05) is 5.73 Å². The summed E-state index contributed by atoms with van der Waals surface area (Å²) in [4.78, 5) is 4.29. The molecule has 3 rings (SSSR count). The number of aryl methyl sites for hydroxylation is 1. The number of nitrogens with zero attached hydrogens (tertiary/aromatic N) is 2. The van der Waals surface area contributed by atoms with Gasteiger partial charge in [-0.3, -0.25) is 0 Å². The Hall–Kier alpha value is -2.21. The van der Waals surface area contributed by atoms with Crippen molar-refractivity contribution >= 4 is 21.6 Å². The van der Waals surface area contributed by atoms with Crippen molar-refractivity contribution in [1.29, 1.82) is 0 Å². The maximum atomic E-state index is 13.4. The molecule has 2 aromatic carbocycles. The van der Waals surface area contributed by atoms with E-state index in [1.807, 2.05) is 19.1 Å². The SMILES string of the molecule is Cc1cccc(-c2nc(-c3cc(F)cc(Br)c3)no2)c1N. The summed E-state index contributed by atoms with van der Waals surface area (Å²) in [7, 11) is 0. The van der Waals surface area contributed by atoms with Gasteiger partial charge in [0, 0.05) is 15.7 Å². The largest absolute Gasteiger partial charge is 0.398 e. The molecule has 21 heavy (non-hydrogen) atoms. The van der Waals surface area contributed by atoms with Gasteiger partial charge < -0.3 is 10.3 Å².